The highest BCUT2D eigenvalue weighted by molar-refractivity contribution is 6.30. The van der Waals surface area contributed by atoms with E-state index in [-0.39, 0.29) is 18.2 Å². The van der Waals surface area contributed by atoms with E-state index < -0.39 is 11.8 Å². The second-order valence-electron chi connectivity index (χ2n) is 6.04. The quantitative estimate of drug-likeness (QED) is 0.819. The summed E-state index contributed by atoms with van der Waals surface area (Å²) in [5.41, 5.74) is 5.12. The zero-order valence-electron chi connectivity index (χ0n) is 13.1. The molecule has 1 atom stereocenters. The summed E-state index contributed by atoms with van der Waals surface area (Å²) in [4.78, 5) is 37.5. The van der Waals surface area contributed by atoms with Crippen LogP contribution < -0.4 is 10.9 Å². The maximum Gasteiger partial charge on any atom is 0.269 e. The smallest absolute Gasteiger partial charge is 0.269 e. The van der Waals surface area contributed by atoms with Gasteiger partial charge < -0.3 is 4.90 Å². The fourth-order valence-corrected chi connectivity index (χ4v) is 2.58. The van der Waals surface area contributed by atoms with Crippen molar-refractivity contribution in [1.82, 2.24) is 15.8 Å². The van der Waals surface area contributed by atoms with Crippen LogP contribution in [-0.4, -0.2) is 35.7 Å². The summed E-state index contributed by atoms with van der Waals surface area (Å²) < 4.78 is 0. The molecule has 0 radical (unpaired) electrons. The summed E-state index contributed by atoms with van der Waals surface area (Å²) in [6, 6.07) is 6.32. The fraction of sp³-hybridized carbons (Fsp3) is 0.438. The van der Waals surface area contributed by atoms with Gasteiger partial charge in [-0.3, -0.25) is 25.2 Å². The minimum absolute atomic E-state index is 0.0251. The average molecular weight is 338 g/mol. The molecule has 1 heterocycles. The molecule has 23 heavy (non-hydrogen) atoms. The van der Waals surface area contributed by atoms with Crippen molar-refractivity contribution in [3.8, 4) is 0 Å². The Morgan fingerprint density at radius 2 is 1.91 bits per heavy atom. The van der Waals surface area contributed by atoms with Gasteiger partial charge in [-0.2, -0.15) is 0 Å². The molecule has 3 amide bonds. The number of hydrazine groups is 1. The number of likely N-dealkylation sites (tertiary alicyclic amines) is 1. The maximum absolute atomic E-state index is 12.1. The molecule has 0 aromatic heterocycles. The molecule has 1 aromatic carbocycles. The summed E-state index contributed by atoms with van der Waals surface area (Å²) in [6.45, 7) is 5.07. The molecule has 0 spiro atoms. The summed E-state index contributed by atoms with van der Waals surface area (Å²) >= 11 is 5.76. The van der Waals surface area contributed by atoms with E-state index >= 15 is 0 Å². The van der Waals surface area contributed by atoms with E-state index in [1.54, 1.807) is 29.2 Å². The second kappa shape index (κ2) is 7.46. The van der Waals surface area contributed by atoms with Gasteiger partial charge in [-0.15, -0.1) is 0 Å². The van der Waals surface area contributed by atoms with E-state index in [1.165, 1.54) is 0 Å². The van der Waals surface area contributed by atoms with Crippen LogP contribution in [0, 0.1) is 11.8 Å². The Bertz CT molecular complexity index is 601. The maximum atomic E-state index is 12.1. The summed E-state index contributed by atoms with van der Waals surface area (Å²) in [5.74, 6) is -0.898. The lowest BCUT2D eigenvalue weighted by atomic mass is 10.1. The van der Waals surface area contributed by atoms with Crippen molar-refractivity contribution >= 4 is 29.3 Å². The van der Waals surface area contributed by atoms with Crippen LogP contribution in [0.15, 0.2) is 24.3 Å². The van der Waals surface area contributed by atoms with E-state index in [9.17, 15) is 14.4 Å². The topological polar surface area (TPSA) is 78.5 Å². The lowest BCUT2D eigenvalue weighted by molar-refractivity contribution is -0.129. The number of halogens is 1. The molecule has 0 bridgehead atoms. The number of rotatable bonds is 4. The first kappa shape index (κ1) is 17.3. The number of carbonyl (C=O) groups is 3. The first-order chi connectivity index (χ1) is 10.9. The van der Waals surface area contributed by atoms with E-state index in [0.717, 1.165) is 0 Å². The summed E-state index contributed by atoms with van der Waals surface area (Å²) in [5, 5.41) is 0.528. The van der Waals surface area contributed by atoms with Crippen molar-refractivity contribution in [2.45, 2.75) is 20.3 Å². The van der Waals surface area contributed by atoms with Crippen molar-refractivity contribution in [2.75, 3.05) is 13.1 Å². The van der Waals surface area contributed by atoms with Gasteiger partial charge in [-0.25, -0.2) is 0 Å². The monoisotopic (exact) mass is 337 g/mol. The van der Waals surface area contributed by atoms with E-state index in [0.29, 0.717) is 29.6 Å². The molecule has 0 saturated carbocycles. The van der Waals surface area contributed by atoms with Gasteiger partial charge in [0.25, 0.3) is 5.91 Å². The van der Waals surface area contributed by atoms with Crippen molar-refractivity contribution in [3.63, 3.8) is 0 Å². The van der Waals surface area contributed by atoms with Crippen LogP contribution >= 0.6 is 11.6 Å². The highest BCUT2D eigenvalue weighted by Gasteiger charge is 2.34. The number of hydrogen-bond donors (Lipinski definition) is 2. The summed E-state index contributed by atoms with van der Waals surface area (Å²) in [7, 11) is 0. The first-order valence-corrected chi connectivity index (χ1v) is 7.88. The molecule has 7 heteroatoms. The van der Waals surface area contributed by atoms with Crippen LogP contribution in [0.3, 0.4) is 0 Å². The zero-order chi connectivity index (χ0) is 17.0. The molecule has 1 unspecified atom stereocenters. The molecule has 2 N–H and O–H groups in total. The SMILES string of the molecule is CC(C)CN1CC(C(=O)NNC(=O)c2ccc(Cl)cc2)CC1=O. The van der Waals surface area contributed by atoms with E-state index in [2.05, 4.69) is 10.9 Å². The van der Waals surface area contributed by atoms with Crippen LogP contribution in [0.4, 0.5) is 0 Å². The van der Waals surface area contributed by atoms with Crippen LogP contribution in [0.2, 0.25) is 5.02 Å². The standard InChI is InChI=1S/C16H20ClN3O3/c1-10(2)8-20-9-12(7-14(20)21)16(23)19-18-15(22)11-3-5-13(17)6-4-11/h3-6,10,12H,7-9H2,1-2H3,(H,18,22)(H,19,23). The Morgan fingerprint density at radius 3 is 2.52 bits per heavy atom. The largest absolute Gasteiger partial charge is 0.342 e. The number of amides is 3. The van der Waals surface area contributed by atoms with Crippen LogP contribution in [-0.2, 0) is 9.59 Å². The van der Waals surface area contributed by atoms with Crippen molar-refractivity contribution in [2.24, 2.45) is 11.8 Å². The predicted molar refractivity (Wildman–Crippen MR) is 86.6 cm³/mol. The second-order valence-corrected chi connectivity index (χ2v) is 6.48. The number of benzene rings is 1. The first-order valence-electron chi connectivity index (χ1n) is 7.50. The van der Waals surface area contributed by atoms with Gasteiger partial charge in [-0.1, -0.05) is 25.4 Å². The van der Waals surface area contributed by atoms with Gasteiger partial charge in [0.15, 0.2) is 0 Å². The lowest BCUT2D eigenvalue weighted by Crippen LogP contribution is -2.45. The molecular formula is C16H20ClN3O3. The Morgan fingerprint density at radius 1 is 1.26 bits per heavy atom. The molecule has 1 saturated heterocycles. The van der Waals surface area contributed by atoms with Crippen molar-refractivity contribution < 1.29 is 14.4 Å². The number of carbonyl (C=O) groups excluding carboxylic acids is 3. The summed E-state index contributed by atoms with van der Waals surface area (Å²) in [6.07, 6.45) is 0.176. The molecule has 1 aromatic rings. The molecule has 2 rings (SSSR count). The molecule has 6 nitrogen and oxygen atoms in total. The van der Waals surface area contributed by atoms with Gasteiger partial charge in [0, 0.05) is 30.1 Å². The Kier molecular flexibility index (Phi) is 5.60. The zero-order valence-corrected chi connectivity index (χ0v) is 13.9. The van der Waals surface area contributed by atoms with Crippen LogP contribution in [0.25, 0.3) is 0 Å². The molecule has 0 aliphatic carbocycles. The van der Waals surface area contributed by atoms with E-state index in [1.807, 2.05) is 13.8 Å². The van der Waals surface area contributed by atoms with Gasteiger partial charge in [0.1, 0.15) is 0 Å². The third kappa shape index (κ3) is 4.69. The Labute approximate surface area is 140 Å². The predicted octanol–water partition coefficient (Wildman–Crippen LogP) is 1.61. The number of hydrogen-bond acceptors (Lipinski definition) is 3. The van der Waals surface area contributed by atoms with Gasteiger partial charge >= 0.3 is 0 Å². The molecule has 1 fully saturated rings. The third-order valence-corrected chi connectivity index (χ3v) is 3.83. The minimum atomic E-state index is -0.438. The highest BCUT2D eigenvalue weighted by atomic mass is 35.5. The highest BCUT2D eigenvalue weighted by Crippen LogP contribution is 2.19. The molecule has 1 aliphatic heterocycles. The third-order valence-electron chi connectivity index (χ3n) is 3.58. The fourth-order valence-electron chi connectivity index (χ4n) is 2.46. The number of nitrogens with zero attached hydrogens (tertiary/aromatic N) is 1. The average Bonchev–Trinajstić information content (AvgIpc) is 2.85. The molecule has 124 valence electrons. The van der Waals surface area contributed by atoms with Gasteiger partial charge in [-0.05, 0) is 30.2 Å². The van der Waals surface area contributed by atoms with Gasteiger partial charge in [0.05, 0.1) is 5.92 Å². The van der Waals surface area contributed by atoms with Crippen molar-refractivity contribution in [3.05, 3.63) is 34.9 Å². The normalized spacial score (nSPS) is 17.5. The molecular weight excluding hydrogens is 318 g/mol. The number of nitrogens with one attached hydrogen (secondary N) is 2. The lowest BCUT2D eigenvalue weighted by Gasteiger charge is -2.18. The minimum Gasteiger partial charge on any atom is -0.342 e. The van der Waals surface area contributed by atoms with Crippen molar-refractivity contribution in [1.29, 1.82) is 0 Å². The molecule has 1 aliphatic rings. The van der Waals surface area contributed by atoms with Crippen LogP contribution in [0.5, 0.6) is 0 Å². The van der Waals surface area contributed by atoms with E-state index in [4.69, 9.17) is 11.6 Å². The van der Waals surface area contributed by atoms with Gasteiger partial charge in [0.2, 0.25) is 11.8 Å². The Balaban J connectivity index is 1.84. The van der Waals surface area contributed by atoms with Crippen LogP contribution in [0.1, 0.15) is 30.6 Å². The Hall–Kier alpha value is -2.08.